The molecule has 2 aromatic carbocycles. The quantitative estimate of drug-likeness (QED) is 0.613. The number of likely N-dealkylation sites (tertiary alicyclic amines) is 1. The predicted molar refractivity (Wildman–Crippen MR) is 127 cm³/mol. The summed E-state index contributed by atoms with van der Waals surface area (Å²) in [5.41, 5.74) is 4.51. The molecular formula is C25H28N2O5S. The van der Waals surface area contributed by atoms with Crippen LogP contribution in [0, 0.1) is 0 Å². The number of hydrogen-bond acceptors (Lipinski definition) is 5. The second-order valence-electron chi connectivity index (χ2n) is 8.33. The molecule has 0 spiro atoms. The largest absolute Gasteiger partial charge is 0.480 e. The van der Waals surface area contributed by atoms with Crippen LogP contribution in [0.25, 0.3) is 11.1 Å². The molecule has 4 rings (SSSR count). The summed E-state index contributed by atoms with van der Waals surface area (Å²) in [6, 6.07) is 14.5. The first kappa shape index (κ1) is 23.2. The van der Waals surface area contributed by atoms with E-state index in [2.05, 4.69) is 17.4 Å². The van der Waals surface area contributed by atoms with Crippen LogP contribution in [0.4, 0.5) is 4.79 Å². The van der Waals surface area contributed by atoms with E-state index in [9.17, 15) is 19.5 Å². The van der Waals surface area contributed by atoms with Crippen LogP contribution in [0.1, 0.15) is 36.3 Å². The molecule has 2 amide bonds. The number of benzene rings is 2. The van der Waals surface area contributed by atoms with E-state index in [-0.39, 0.29) is 18.4 Å². The number of carboxylic acids is 1. The van der Waals surface area contributed by atoms with Crippen LogP contribution in [-0.4, -0.2) is 65.2 Å². The highest BCUT2D eigenvalue weighted by molar-refractivity contribution is 7.98. The fourth-order valence-corrected chi connectivity index (χ4v) is 5.23. The molecule has 0 bridgehead atoms. The smallest absolute Gasteiger partial charge is 0.407 e. The first-order chi connectivity index (χ1) is 16.0. The van der Waals surface area contributed by atoms with Gasteiger partial charge in [-0.2, -0.15) is 11.8 Å². The van der Waals surface area contributed by atoms with Crippen molar-refractivity contribution in [3.05, 3.63) is 59.7 Å². The maximum atomic E-state index is 13.1. The third-order valence-electron chi connectivity index (χ3n) is 6.37. The van der Waals surface area contributed by atoms with Crippen molar-refractivity contribution in [3.8, 4) is 11.1 Å². The molecule has 1 aliphatic heterocycles. The van der Waals surface area contributed by atoms with Crippen LogP contribution in [0.5, 0.6) is 0 Å². The molecule has 174 valence electrons. The van der Waals surface area contributed by atoms with Gasteiger partial charge in [0, 0.05) is 12.5 Å². The van der Waals surface area contributed by atoms with Crippen molar-refractivity contribution < 1.29 is 24.2 Å². The molecule has 1 fully saturated rings. The Balaban J connectivity index is 1.43. The third-order valence-corrected chi connectivity index (χ3v) is 7.01. The maximum Gasteiger partial charge on any atom is 0.407 e. The number of carbonyl (C=O) groups is 3. The minimum Gasteiger partial charge on any atom is -0.480 e. The highest BCUT2D eigenvalue weighted by atomic mass is 32.2. The number of rotatable bonds is 8. The zero-order chi connectivity index (χ0) is 23.4. The van der Waals surface area contributed by atoms with Gasteiger partial charge < -0.3 is 20.1 Å². The topological polar surface area (TPSA) is 95.9 Å². The summed E-state index contributed by atoms with van der Waals surface area (Å²) in [5, 5.41) is 12.1. The Morgan fingerprint density at radius 1 is 1.12 bits per heavy atom. The normalized spacial score (nSPS) is 17.8. The minimum atomic E-state index is -1.01. The number of amides is 2. The van der Waals surface area contributed by atoms with E-state index >= 15 is 0 Å². The molecule has 7 nitrogen and oxygen atoms in total. The van der Waals surface area contributed by atoms with Gasteiger partial charge in [-0.15, -0.1) is 0 Å². The lowest BCUT2D eigenvalue weighted by molar-refractivity contribution is -0.149. The second-order valence-corrected chi connectivity index (χ2v) is 9.32. The van der Waals surface area contributed by atoms with Crippen LogP contribution in [0.15, 0.2) is 48.5 Å². The Kier molecular flexibility index (Phi) is 7.23. The molecule has 33 heavy (non-hydrogen) atoms. The zero-order valence-electron chi connectivity index (χ0n) is 18.5. The summed E-state index contributed by atoms with van der Waals surface area (Å²) in [6.45, 7) is 0.544. The number of thioether (sulfide) groups is 1. The number of aliphatic carboxylic acids is 1. The van der Waals surface area contributed by atoms with Crippen LogP contribution in [0.2, 0.25) is 0 Å². The fourth-order valence-electron chi connectivity index (χ4n) is 4.76. The Bertz CT molecular complexity index is 997. The number of nitrogens with zero attached hydrogens (tertiary/aromatic N) is 1. The number of carbonyl (C=O) groups excluding carboxylic acids is 2. The van der Waals surface area contributed by atoms with Crippen molar-refractivity contribution >= 4 is 29.7 Å². The van der Waals surface area contributed by atoms with Gasteiger partial charge >= 0.3 is 12.1 Å². The number of carboxylic acid groups (broad SMARTS) is 1. The summed E-state index contributed by atoms with van der Waals surface area (Å²) in [7, 11) is 0. The van der Waals surface area contributed by atoms with Crippen molar-refractivity contribution in [1.29, 1.82) is 0 Å². The van der Waals surface area contributed by atoms with Gasteiger partial charge in [0.15, 0.2) is 0 Å². The van der Waals surface area contributed by atoms with Gasteiger partial charge in [0.1, 0.15) is 18.7 Å². The van der Waals surface area contributed by atoms with E-state index in [4.69, 9.17) is 4.74 Å². The van der Waals surface area contributed by atoms with Gasteiger partial charge in [-0.05, 0) is 53.5 Å². The highest BCUT2D eigenvalue weighted by Crippen LogP contribution is 2.44. The highest BCUT2D eigenvalue weighted by Gasteiger charge is 2.38. The molecular weight excluding hydrogens is 440 g/mol. The van der Waals surface area contributed by atoms with Gasteiger partial charge in [-0.3, -0.25) is 4.79 Å². The average molecular weight is 469 g/mol. The average Bonchev–Trinajstić information content (AvgIpc) is 3.43. The monoisotopic (exact) mass is 468 g/mol. The van der Waals surface area contributed by atoms with Crippen molar-refractivity contribution in [1.82, 2.24) is 10.2 Å². The molecule has 1 aliphatic carbocycles. The number of ether oxygens (including phenoxy) is 1. The Morgan fingerprint density at radius 2 is 1.76 bits per heavy atom. The summed E-state index contributed by atoms with van der Waals surface area (Å²) < 4.78 is 5.59. The molecule has 0 unspecified atom stereocenters. The van der Waals surface area contributed by atoms with Gasteiger partial charge in [0.25, 0.3) is 0 Å². The summed E-state index contributed by atoms with van der Waals surface area (Å²) in [6.07, 6.45) is 2.74. The van der Waals surface area contributed by atoms with Crippen LogP contribution in [0.3, 0.4) is 0 Å². The number of alkyl carbamates (subject to hydrolysis) is 1. The SMILES string of the molecule is CSCC[C@@H](NC(=O)OCC1c2ccccc2-c2ccccc21)C(=O)N1CCC[C@H]1C(=O)O. The minimum absolute atomic E-state index is 0.0709. The van der Waals surface area contributed by atoms with Gasteiger partial charge in [0.05, 0.1) is 0 Å². The van der Waals surface area contributed by atoms with E-state index < -0.39 is 24.1 Å². The molecule has 0 radical (unpaired) electrons. The van der Waals surface area contributed by atoms with E-state index in [1.165, 1.54) is 4.90 Å². The molecule has 2 N–H and O–H groups in total. The molecule has 1 saturated heterocycles. The van der Waals surface area contributed by atoms with E-state index in [1.807, 2.05) is 42.7 Å². The number of fused-ring (bicyclic) bond motifs is 3. The lowest BCUT2D eigenvalue weighted by Crippen LogP contribution is -2.52. The van der Waals surface area contributed by atoms with Crippen molar-refractivity contribution in [2.45, 2.75) is 37.3 Å². The van der Waals surface area contributed by atoms with Gasteiger partial charge in [-0.25, -0.2) is 9.59 Å². The molecule has 2 atom stereocenters. The lowest BCUT2D eigenvalue weighted by atomic mass is 9.98. The standard InChI is InChI=1S/C25H28N2O5S/c1-33-14-12-21(23(28)27-13-6-11-22(27)24(29)30)26-25(31)32-15-20-18-9-4-2-7-16(18)17-8-3-5-10-19(17)20/h2-5,7-10,20-22H,6,11-15H2,1H3,(H,26,31)(H,29,30)/t21-,22+/m1/s1. The maximum absolute atomic E-state index is 13.1. The van der Waals surface area contributed by atoms with Crippen LogP contribution in [-0.2, 0) is 14.3 Å². The first-order valence-corrected chi connectivity index (χ1v) is 12.5. The van der Waals surface area contributed by atoms with E-state index in [1.54, 1.807) is 11.8 Å². The van der Waals surface area contributed by atoms with Crippen molar-refractivity contribution in [2.75, 3.05) is 25.2 Å². The van der Waals surface area contributed by atoms with Crippen LogP contribution < -0.4 is 5.32 Å². The molecule has 0 saturated carbocycles. The second kappa shape index (κ2) is 10.3. The van der Waals surface area contributed by atoms with E-state index in [0.717, 1.165) is 22.3 Å². The molecule has 2 aromatic rings. The Labute approximate surface area is 197 Å². The molecule has 8 heteroatoms. The Hall–Kier alpha value is -3.00. The molecule has 1 heterocycles. The van der Waals surface area contributed by atoms with Gasteiger partial charge in [0.2, 0.25) is 5.91 Å². The lowest BCUT2D eigenvalue weighted by Gasteiger charge is -2.27. The third kappa shape index (κ3) is 4.85. The first-order valence-electron chi connectivity index (χ1n) is 11.1. The molecule has 0 aromatic heterocycles. The summed E-state index contributed by atoms with van der Waals surface area (Å²) in [5.74, 6) is -0.780. The summed E-state index contributed by atoms with van der Waals surface area (Å²) in [4.78, 5) is 38.7. The Morgan fingerprint density at radius 3 is 2.36 bits per heavy atom. The number of nitrogens with one attached hydrogen (secondary N) is 1. The number of hydrogen-bond donors (Lipinski definition) is 2. The van der Waals surface area contributed by atoms with Crippen LogP contribution >= 0.6 is 11.8 Å². The molecule has 2 aliphatic rings. The van der Waals surface area contributed by atoms with Crippen molar-refractivity contribution in [2.24, 2.45) is 0 Å². The summed E-state index contributed by atoms with van der Waals surface area (Å²) >= 11 is 1.56. The zero-order valence-corrected chi connectivity index (χ0v) is 19.3. The van der Waals surface area contributed by atoms with Gasteiger partial charge in [-0.1, -0.05) is 48.5 Å². The van der Waals surface area contributed by atoms with Crippen molar-refractivity contribution in [3.63, 3.8) is 0 Å². The predicted octanol–water partition coefficient (Wildman–Crippen LogP) is 3.72. The fraction of sp³-hybridized carbons (Fsp3) is 0.400. The van der Waals surface area contributed by atoms with E-state index in [0.29, 0.717) is 31.6 Å².